The number of likely N-dealkylation sites (tertiary alicyclic amines) is 1. The lowest BCUT2D eigenvalue weighted by molar-refractivity contribution is -0.113. The second kappa shape index (κ2) is 8.43. The van der Waals surface area contributed by atoms with Crippen molar-refractivity contribution < 1.29 is 4.79 Å². The zero-order valence-electron chi connectivity index (χ0n) is 16.9. The van der Waals surface area contributed by atoms with E-state index in [1.165, 1.54) is 11.8 Å². The Labute approximate surface area is 189 Å². The smallest absolute Gasteiger partial charge is 0.250 e. The van der Waals surface area contributed by atoms with Gasteiger partial charge in [0.1, 0.15) is 4.32 Å². The molecule has 2 aliphatic rings. The Morgan fingerprint density at radius 3 is 2.94 bits per heavy atom. The van der Waals surface area contributed by atoms with Gasteiger partial charge in [-0.3, -0.25) is 14.6 Å². The number of thioether (sulfide) groups is 1. The molecule has 2 aliphatic heterocycles. The molecule has 5 rings (SSSR count). The molecule has 6 nitrogen and oxygen atoms in total. The molecule has 0 unspecified atom stereocenters. The number of para-hydroxylation sites is 1. The van der Waals surface area contributed by atoms with Crippen molar-refractivity contribution in [2.24, 2.45) is 5.92 Å². The molecule has 0 spiro atoms. The number of thiocarbonyl (C=S) groups is 1. The van der Waals surface area contributed by atoms with Gasteiger partial charge in [-0.2, -0.15) is 0 Å². The van der Waals surface area contributed by atoms with Crippen LogP contribution in [0.2, 0.25) is 0 Å². The molecule has 0 aliphatic carbocycles. The fourth-order valence-corrected chi connectivity index (χ4v) is 5.58. The van der Waals surface area contributed by atoms with Crippen LogP contribution < -0.4 is 10.9 Å². The molecule has 1 amide bonds. The average molecular weight is 451 g/mol. The van der Waals surface area contributed by atoms with Gasteiger partial charge >= 0.3 is 0 Å². The van der Waals surface area contributed by atoms with Crippen molar-refractivity contribution in [2.45, 2.75) is 18.9 Å². The molecule has 31 heavy (non-hydrogen) atoms. The van der Waals surface area contributed by atoms with Crippen LogP contribution in [0.1, 0.15) is 18.0 Å². The van der Waals surface area contributed by atoms with Crippen LogP contribution in [0.25, 0.3) is 10.9 Å². The molecule has 1 N–H and O–H groups in total. The highest BCUT2D eigenvalue weighted by atomic mass is 32.2. The minimum Gasteiger partial charge on any atom is -0.356 e. The molecule has 158 valence electrons. The van der Waals surface area contributed by atoms with E-state index >= 15 is 0 Å². The monoisotopic (exact) mass is 450 g/mol. The Kier molecular flexibility index (Phi) is 5.50. The van der Waals surface area contributed by atoms with E-state index in [1.54, 1.807) is 12.3 Å². The Bertz CT molecular complexity index is 1230. The van der Waals surface area contributed by atoms with Crippen LogP contribution in [0.15, 0.2) is 59.5 Å². The van der Waals surface area contributed by atoms with Crippen molar-refractivity contribution in [3.63, 3.8) is 0 Å². The highest BCUT2D eigenvalue weighted by molar-refractivity contribution is 8.23. The maximum Gasteiger partial charge on any atom is 0.250 e. The first-order valence-corrected chi connectivity index (χ1v) is 11.7. The maximum atomic E-state index is 12.5. The van der Waals surface area contributed by atoms with Crippen molar-refractivity contribution in [1.82, 2.24) is 14.5 Å². The molecule has 1 fully saturated rings. The lowest BCUT2D eigenvalue weighted by Gasteiger charge is -2.43. The Balaban J connectivity index is 1.19. The van der Waals surface area contributed by atoms with E-state index in [9.17, 15) is 9.59 Å². The molecule has 2 aromatic heterocycles. The van der Waals surface area contributed by atoms with Crippen LogP contribution in [0.5, 0.6) is 0 Å². The number of fused-ring (bicyclic) bond motifs is 5. The standard InChI is InChI=1S/C23H22N4O2S2/c28-21(25-18-9-16-4-1-2-5-19(16)24-10-18)14-31-23(30)26-11-15-8-17(13-26)20-6-3-7-22(29)27(20)12-15/h1-7,9-10,15,17H,8,11-14H2,(H,25,28)/t15-,17+/m0/s1. The molecule has 2 atom stereocenters. The lowest BCUT2D eigenvalue weighted by Crippen LogP contribution is -2.48. The summed E-state index contributed by atoms with van der Waals surface area (Å²) >= 11 is 7.04. The predicted octanol–water partition coefficient (Wildman–Crippen LogP) is 3.47. The van der Waals surface area contributed by atoms with Crippen LogP contribution >= 0.6 is 24.0 Å². The van der Waals surface area contributed by atoms with E-state index in [0.717, 1.165) is 47.0 Å². The first kappa shape index (κ1) is 20.2. The summed E-state index contributed by atoms with van der Waals surface area (Å²) in [4.78, 5) is 31.2. The molecular formula is C23H22N4O2S2. The molecular weight excluding hydrogens is 428 g/mol. The second-order valence-electron chi connectivity index (χ2n) is 8.12. The van der Waals surface area contributed by atoms with Gasteiger partial charge in [0, 0.05) is 42.7 Å². The second-order valence-corrected chi connectivity index (χ2v) is 9.73. The Hall–Kier alpha value is -2.71. The number of carbonyl (C=O) groups is 1. The number of hydrogen-bond donors (Lipinski definition) is 1. The first-order valence-electron chi connectivity index (χ1n) is 10.3. The van der Waals surface area contributed by atoms with Gasteiger partial charge in [0.25, 0.3) is 5.56 Å². The molecule has 4 heterocycles. The van der Waals surface area contributed by atoms with Crippen LogP contribution in [0.4, 0.5) is 5.69 Å². The fourth-order valence-electron chi connectivity index (χ4n) is 4.60. The Morgan fingerprint density at radius 1 is 1.16 bits per heavy atom. The average Bonchev–Trinajstić information content (AvgIpc) is 2.78. The molecule has 0 radical (unpaired) electrons. The largest absolute Gasteiger partial charge is 0.356 e. The summed E-state index contributed by atoms with van der Waals surface area (Å²) in [6.45, 7) is 2.37. The zero-order chi connectivity index (χ0) is 21.4. The summed E-state index contributed by atoms with van der Waals surface area (Å²) in [5.41, 5.74) is 2.76. The number of pyridine rings is 2. The Morgan fingerprint density at radius 2 is 2.03 bits per heavy atom. The normalized spacial score (nSPS) is 19.7. The predicted molar refractivity (Wildman–Crippen MR) is 129 cm³/mol. The number of hydrogen-bond acceptors (Lipinski definition) is 5. The molecule has 8 heteroatoms. The van der Waals surface area contributed by atoms with Gasteiger partial charge in [-0.05, 0) is 30.5 Å². The summed E-state index contributed by atoms with van der Waals surface area (Å²) in [5.74, 6) is 0.867. The van der Waals surface area contributed by atoms with Crippen LogP contribution in [0.3, 0.4) is 0 Å². The van der Waals surface area contributed by atoms with E-state index in [-0.39, 0.29) is 17.2 Å². The highest BCUT2D eigenvalue weighted by Gasteiger charge is 2.35. The van der Waals surface area contributed by atoms with Crippen LogP contribution in [0, 0.1) is 5.92 Å². The van der Waals surface area contributed by atoms with Crippen LogP contribution in [-0.2, 0) is 11.3 Å². The highest BCUT2D eigenvalue weighted by Crippen LogP contribution is 2.36. The quantitative estimate of drug-likeness (QED) is 0.617. The summed E-state index contributed by atoms with van der Waals surface area (Å²) < 4.78 is 2.66. The number of nitrogens with one attached hydrogen (secondary N) is 1. The molecule has 2 bridgehead atoms. The third-order valence-electron chi connectivity index (χ3n) is 5.94. The van der Waals surface area contributed by atoms with E-state index in [1.807, 2.05) is 47.0 Å². The van der Waals surface area contributed by atoms with Crippen molar-refractivity contribution in [1.29, 1.82) is 0 Å². The number of amides is 1. The SMILES string of the molecule is O=C(CSC(=S)N1C[C@@H]2C[C@H](C1)c1cccc(=O)n1C2)Nc1cnc2ccccc2c1. The van der Waals surface area contributed by atoms with Crippen molar-refractivity contribution in [2.75, 3.05) is 24.2 Å². The van der Waals surface area contributed by atoms with Gasteiger partial charge in [0.05, 0.1) is 23.2 Å². The minimum atomic E-state index is -0.0986. The third-order valence-corrected chi connectivity index (χ3v) is 7.46. The van der Waals surface area contributed by atoms with E-state index in [4.69, 9.17) is 12.2 Å². The number of nitrogens with zero attached hydrogens (tertiary/aromatic N) is 3. The number of carbonyl (C=O) groups excluding carboxylic acids is 1. The number of piperidine rings is 1. The first-order chi connectivity index (χ1) is 15.1. The van der Waals surface area contributed by atoms with Gasteiger partial charge in [0.2, 0.25) is 5.91 Å². The van der Waals surface area contributed by atoms with Crippen molar-refractivity contribution >= 4 is 50.8 Å². The van der Waals surface area contributed by atoms with Gasteiger partial charge in [-0.15, -0.1) is 0 Å². The number of anilines is 1. The van der Waals surface area contributed by atoms with E-state index in [0.29, 0.717) is 17.5 Å². The third kappa shape index (κ3) is 4.22. The number of aromatic nitrogens is 2. The van der Waals surface area contributed by atoms with E-state index in [2.05, 4.69) is 15.2 Å². The van der Waals surface area contributed by atoms with Crippen molar-refractivity contribution in [3.8, 4) is 0 Å². The maximum absolute atomic E-state index is 12.5. The molecule has 1 aromatic carbocycles. The van der Waals surface area contributed by atoms with Gasteiger partial charge in [-0.1, -0.05) is 48.2 Å². The molecule has 1 saturated heterocycles. The zero-order valence-corrected chi connectivity index (χ0v) is 18.5. The van der Waals surface area contributed by atoms with E-state index < -0.39 is 0 Å². The fraction of sp³-hybridized carbons (Fsp3) is 0.304. The summed E-state index contributed by atoms with van der Waals surface area (Å²) in [5, 5.41) is 3.90. The summed E-state index contributed by atoms with van der Waals surface area (Å²) in [7, 11) is 0. The minimum absolute atomic E-state index is 0.0810. The van der Waals surface area contributed by atoms with Gasteiger partial charge in [0.15, 0.2) is 0 Å². The van der Waals surface area contributed by atoms with Gasteiger partial charge in [-0.25, -0.2) is 0 Å². The molecule has 0 saturated carbocycles. The number of benzene rings is 1. The lowest BCUT2D eigenvalue weighted by atomic mass is 9.83. The van der Waals surface area contributed by atoms with Gasteiger partial charge < -0.3 is 14.8 Å². The molecule has 3 aromatic rings. The topological polar surface area (TPSA) is 67.2 Å². The van der Waals surface area contributed by atoms with Crippen LogP contribution in [-0.4, -0.2) is 43.5 Å². The summed E-state index contributed by atoms with van der Waals surface area (Å²) in [6.07, 6.45) is 2.76. The van der Waals surface area contributed by atoms with Crippen molar-refractivity contribution in [3.05, 3.63) is 70.8 Å². The number of rotatable bonds is 3. The summed E-state index contributed by atoms with van der Waals surface area (Å²) in [6, 6.07) is 15.3.